The van der Waals surface area contributed by atoms with Crippen LogP contribution in [0.2, 0.25) is 0 Å². The van der Waals surface area contributed by atoms with Crippen molar-refractivity contribution >= 4 is 0 Å². The van der Waals surface area contributed by atoms with Gasteiger partial charge in [0.1, 0.15) is 5.82 Å². The number of hydrogen-bond donors (Lipinski definition) is 2. The average molecular weight is 281 g/mol. The minimum absolute atomic E-state index is 0.253. The highest BCUT2D eigenvalue weighted by Crippen LogP contribution is 2.20. The Bertz CT molecular complexity index is 419. The van der Waals surface area contributed by atoms with Gasteiger partial charge in [0, 0.05) is 31.4 Å². The van der Waals surface area contributed by atoms with Crippen molar-refractivity contribution in [2.45, 2.75) is 45.4 Å². The molecule has 2 rings (SSSR count). The summed E-state index contributed by atoms with van der Waals surface area (Å²) in [5.74, 6) is 0.402. The largest absolute Gasteiger partial charge is 0.392 e. The van der Waals surface area contributed by atoms with Crippen LogP contribution in [-0.2, 0) is 17.9 Å². The van der Waals surface area contributed by atoms with Crippen molar-refractivity contribution in [3.05, 3.63) is 35.1 Å². The third-order valence-corrected chi connectivity index (χ3v) is 3.96. The summed E-state index contributed by atoms with van der Waals surface area (Å²) in [6.45, 7) is 4.41. The van der Waals surface area contributed by atoms with Crippen molar-refractivity contribution in [1.29, 1.82) is 0 Å². The van der Waals surface area contributed by atoms with Crippen molar-refractivity contribution in [1.82, 2.24) is 5.32 Å². The molecule has 1 aromatic carbocycles. The highest BCUT2D eigenvalue weighted by molar-refractivity contribution is 5.24. The molecule has 1 aliphatic rings. The molecule has 20 heavy (non-hydrogen) atoms. The van der Waals surface area contributed by atoms with Crippen LogP contribution in [0.4, 0.5) is 4.39 Å². The summed E-state index contributed by atoms with van der Waals surface area (Å²) in [6, 6.07) is 5.35. The second-order valence-corrected chi connectivity index (χ2v) is 5.66. The van der Waals surface area contributed by atoms with Crippen LogP contribution in [0.5, 0.6) is 0 Å². The lowest BCUT2D eigenvalue weighted by atomic mass is 9.93. The van der Waals surface area contributed by atoms with Gasteiger partial charge in [0.25, 0.3) is 0 Å². The molecular formula is C16H24FNO2. The topological polar surface area (TPSA) is 41.5 Å². The molecular weight excluding hydrogens is 257 g/mol. The summed E-state index contributed by atoms with van der Waals surface area (Å²) in [7, 11) is 0. The van der Waals surface area contributed by atoms with E-state index in [0.29, 0.717) is 18.2 Å². The molecule has 0 bridgehead atoms. The van der Waals surface area contributed by atoms with Gasteiger partial charge in [-0.3, -0.25) is 0 Å². The Morgan fingerprint density at radius 1 is 1.40 bits per heavy atom. The fourth-order valence-corrected chi connectivity index (χ4v) is 2.72. The van der Waals surface area contributed by atoms with E-state index in [0.717, 1.165) is 44.0 Å². The lowest BCUT2D eigenvalue weighted by Crippen LogP contribution is -2.30. The van der Waals surface area contributed by atoms with Crippen LogP contribution in [-0.4, -0.2) is 24.4 Å². The quantitative estimate of drug-likeness (QED) is 0.842. The van der Waals surface area contributed by atoms with Gasteiger partial charge in [-0.05, 0) is 49.8 Å². The first-order chi connectivity index (χ1) is 9.69. The summed E-state index contributed by atoms with van der Waals surface area (Å²) in [5, 5.41) is 12.5. The maximum Gasteiger partial charge on any atom is 0.128 e. The van der Waals surface area contributed by atoms with E-state index in [-0.39, 0.29) is 12.4 Å². The van der Waals surface area contributed by atoms with Gasteiger partial charge in [0.05, 0.1) is 6.61 Å². The van der Waals surface area contributed by atoms with Crippen LogP contribution < -0.4 is 5.32 Å². The number of halogens is 1. The first-order valence-electron chi connectivity index (χ1n) is 7.38. The first-order valence-corrected chi connectivity index (χ1v) is 7.38. The molecule has 1 aliphatic heterocycles. The van der Waals surface area contributed by atoms with Crippen LogP contribution in [0, 0.1) is 11.7 Å². The minimum Gasteiger partial charge on any atom is -0.392 e. The van der Waals surface area contributed by atoms with E-state index in [1.54, 1.807) is 12.1 Å². The first kappa shape index (κ1) is 15.4. The van der Waals surface area contributed by atoms with Gasteiger partial charge in [0.2, 0.25) is 0 Å². The lowest BCUT2D eigenvalue weighted by Gasteiger charge is -2.25. The van der Waals surface area contributed by atoms with Crippen molar-refractivity contribution in [3.8, 4) is 0 Å². The standard InChI is InChI=1S/C16H24FNO2/c1-12(8-13-4-6-20-7-5-13)18-10-14-2-3-16(17)15(9-14)11-19/h2-3,9,12-13,18-19H,4-8,10-11H2,1H3. The minimum atomic E-state index is -0.341. The van der Waals surface area contributed by atoms with Crippen molar-refractivity contribution in [3.63, 3.8) is 0 Å². The molecule has 0 saturated carbocycles. The van der Waals surface area contributed by atoms with Gasteiger partial charge in [-0.25, -0.2) is 4.39 Å². The molecule has 4 heteroatoms. The van der Waals surface area contributed by atoms with Gasteiger partial charge in [-0.2, -0.15) is 0 Å². The Labute approximate surface area is 120 Å². The molecule has 0 amide bonds. The second kappa shape index (κ2) is 7.72. The number of aliphatic hydroxyl groups is 1. The van der Waals surface area contributed by atoms with E-state index in [1.807, 2.05) is 0 Å². The smallest absolute Gasteiger partial charge is 0.128 e. The van der Waals surface area contributed by atoms with Crippen molar-refractivity contribution in [2.75, 3.05) is 13.2 Å². The molecule has 1 heterocycles. The summed E-state index contributed by atoms with van der Waals surface area (Å²) < 4.78 is 18.7. The number of benzene rings is 1. The lowest BCUT2D eigenvalue weighted by molar-refractivity contribution is 0.0611. The van der Waals surface area contributed by atoms with E-state index in [2.05, 4.69) is 12.2 Å². The molecule has 3 nitrogen and oxygen atoms in total. The normalized spacial score (nSPS) is 18.1. The third-order valence-electron chi connectivity index (χ3n) is 3.96. The van der Waals surface area contributed by atoms with E-state index in [9.17, 15) is 4.39 Å². The summed E-state index contributed by atoms with van der Waals surface area (Å²) in [5.41, 5.74) is 1.37. The van der Waals surface area contributed by atoms with Gasteiger partial charge >= 0.3 is 0 Å². The van der Waals surface area contributed by atoms with E-state index >= 15 is 0 Å². The van der Waals surface area contributed by atoms with Gasteiger partial charge in [-0.1, -0.05) is 6.07 Å². The van der Waals surface area contributed by atoms with Crippen molar-refractivity contribution < 1.29 is 14.2 Å². The Balaban J connectivity index is 1.78. The Morgan fingerprint density at radius 3 is 2.85 bits per heavy atom. The van der Waals surface area contributed by atoms with Crippen LogP contribution >= 0.6 is 0 Å². The Hall–Kier alpha value is -0.970. The molecule has 2 N–H and O–H groups in total. The zero-order chi connectivity index (χ0) is 14.4. The highest BCUT2D eigenvalue weighted by atomic mass is 19.1. The molecule has 0 radical (unpaired) electrons. The number of ether oxygens (including phenoxy) is 1. The van der Waals surface area contributed by atoms with E-state index in [1.165, 1.54) is 6.07 Å². The van der Waals surface area contributed by atoms with E-state index in [4.69, 9.17) is 9.84 Å². The fourth-order valence-electron chi connectivity index (χ4n) is 2.72. The predicted octanol–water partition coefficient (Wildman–Crippen LogP) is 2.61. The maximum atomic E-state index is 13.3. The Kier molecular flexibility index (Phi) is 5.95. The molecule has 1 unspecified atom stereocenters. The van der Waals surface area contributed by atoms with Crippen molar-refractivity contribution in [2.24, 2.45) is 5.92 Å². The Morgan fingerprint density at radius 2 is 2.15 bits per heavy atom. The molecule has 0 aromatic heterocycles. The predicted molar refractivity (Wildman–Crippen MR) is 76.8 cm³/mol. The van der Waals surface area contributed by atoms with Crippen LogP contribution in [0.1, 0.15) is 37.3 Å². The summed E-state index contributed by atoms with van der Waals surface area (Å²) in [6.07, 6.45) is 3.45. The molecule has 1 aromatic rings. The maximum absolute atomic E-state index is 13.3. The number of aliphatic hydroxyl groups excluding tert-OH is 1. The van der Waals surface area contributed by atoms with Crippen LogP contribution in [0.25, 0.3) is 0 Å². The molecule has 1 saturated heterocycles. The van der Waals surface area contributed by atoms with Gasteiger partial charge in [-0.15, -0.1) is 0 Å². The average Bonchev–Trinajstić information content (AvgIpc) is 2.47. The molecule has 0 spiro atoms. The zero-order valence-electron chi connectivity index (χ0n) is 12.1. The summed E-state index contributed by atoms with van der Waals surface area (Å²) in [4.78, 5) is 0. The fraction of sp³-hybridized carbons (Fsp3) is 0.625. The van der Waals surface area contributed by atoms with Gasteiger partial charge < -0.3 is 15.2 Å². The summed E-state index contributed by atoms with van der Waals surface area (Å²) >= 11 is 0. The second-order valence-electron chi connectivity index (χ2n) is 5.66. The van der Waals surface area contributed by atoms with Gasteiger partial charge in [0.15, 0.2) is 0 Å². The number of rotatable bonds is 6. The van der Waals surface area contributed by atoms with Crippen LogP contribution in [0.15, 0.2) is 18.2 Å². The van der Waals surface area contributed by atoms with Crippen LogP contribution in [0.3, 0.4) is 0 Å². The zero-order valence-corrected chi connectivity index (χ0v) is 12.1. The number of nitrogens with one attached hydrogen (secondary N) is 1. The third kappa shape index (κ3) is 4.54. The number of hydrogen-bond acceptors (Lipinski definition) is 3. The SMILES string of the molecule is CC(CC1CCOCC1)NCc1ccc(F)c(CO)c1. The monoisotopic (exact) mass is 281 g/mol. The molecule has 1 atom stereocenters. The van der Waals surface area contributed by atoms with E-state index < -0.39 is 0 Å². The molecule has 1 fully saturated rings. The molecule has 112 valence electrons. The highest BCUT2D eigenvalue weighted by Gasteiger charge is 2.16. The molecule has 0 aliphatic carbocycles.